The molecule has 0 aromatic heterocycles. The van der Waals surface area contributed by atoms with E-state index in [4.69, 9.17) is 10.5 Å². The Morgan fingerprint density at radius 1 is 1.40 bits per heavy atom. The van der Waals surface area contributed by atoms with E-state index in [0.29, 0.717) is 17.0 Å². The van der Waals surface area contributed by atoms with Crippen LogP contribution < -0.4 is 5.73 Å². The first-order valence-electron chi connectivity index (χ1n) is 5.29. The third-order valence-corrected chi connectivity index (χ3v) is 4.08. The molecule has 0 spiro atoms. The predicted molar refractivity (Wildman–Crippen MR) is 65.2 cm³/mol. The molecule has 82 valence electrons. The van der Waals surface area contributed by atoms with Gasteiger partial charge in [-0.05, 0) is 12.5 Å². The second kappa shape index (κ2) is 5.01. The van der Waals surface area contributed by atoms with Gasteiger partial charge in [0.2, 0.25) is 0 Å². The SMILES string of the molecule is Cc1ccc(C(CN)SC2COC2)cc1. The molecule has 0 saturated carbocycles. The minimum absolute atomic E-state index is 0.416. The van der Waals surface area contributed by atoms with E-state index in [-0.39, 0.29) is 0 Å². The second-order valence-electron chi connectivity index (χ2n) is 3.93. The summed E-state index contributed by atoms with van der Waals surface area (Å²) in [5, 5.41) is 1.05. The Hall–Kier alpha value is -0.510. The van der Waals surface area contributed by atoms with Crippen molar-refractivity contribution >= 4 is 11.8 Å². The van der Waals surface area contributed by atoms with E-state index in [0.717, 1.165) is 13.2 Å². The molecule has 3 heteroatoms. The van der Waals surface area contributed by atoms with Crippen LogP contribution in [0.5, 0.6) is 0 Å². The molecule has 1 aromatic rings. The maximum Gasteiger partial charge on any atom is 0.0608 e. The van der Waals surface area contributed by atoms with Crippen molar-refractivity contribution in [3.05, 3.63) is 35.4 Å². The van der Waals surface area contributed by atoms with Crippen LogP contribution in [-0.4, -0.2) is 25.0 Å². The summed E-state index contributed by atoms with van der Waals surface area (Å²) in [6.07, 6.45) is 0. The number of thioether (sulfide) groups is 1. The van der Waals surface area contributed by atoms with Gasteiger partial charge in [0.25, 0.3) is 0 Å². The molecular weight excluding hydrogens is 206 g/mol. The lowest BCUT2D eigenvalue weighted by atomic mass is 10.1. The van der Waals surface area contributed by atoms with Gasteiger partial charge < -0.3 is 10.5 Å². The fourth-order valence-corrected chi connectivity index (χ4v) is 2.82. The molecule has 1 heterocycles. The summed E-state index contributed by atoms with van der Waals surface area (Å²) in [5.41, 5.74) is 8.44. The van der Waals surface area contributed by atoms with Crippen molar-refractivity contribution in [2.75, 3.05) is 19.8 Å². The zero-order chi connectivity index (χ0) is 10.7. The van der Waals surface area contributed by atoms with Crippen LogP contribution in [0.3, 0.4) is 0 Å². The topological polar surface area (TPSA) is 35.2 Å². The van der Waals surface area contributed by atoms with Gasteiger partial charge in [0, 0.05) is 11.8 Å². The first-order chi connectivity index (χ1) is 7.29. The molecule has 1 unspecified atom stereocenters. The summed E-state index contributed by atoms with van der Waals surface area (Å²) in [6.45, 7) is 4.57. The average molecular weight is 223 g/mol. The molecule has 1 fully saturated rings. The first kappa shape index (κ1) is 11.0. The highest BCUT2D eigenvalue weighted by atomic mass is 32.2. The fraction of sp³-hybridized carbons (Fsp3) is 0.500. The normalized spacial score (nSPS) is 18.5. The number of aryl methyl sites for hydroxylation is 1. The van der Waals surface area contributed by atoms with Gasteiger partial charge in [0.15, 0.2) is 0 Å². The summed E-state index contributed by atoms with van der Waals surface area (Å²) < 4.78 is 5.17. The van der Waals surface area contributed by atoms with Crippen molar-refractivity contribution in [1.29, 1.82) is 0 Å². The van der Waals surface area contributed by atoms with Gasteiger partial charge in [0.1, 0.15) is 0 Å². The zero-order valence-electron chi connectivity index (χ0n) is 8.98. The minimum atomic E-state index is 0.416. The molecule has 2 rings (SSSR count). The van der Waals surface area contributed by atoms with Crippen molar-refractivity contribution in [2.24, 2.45) is 5.73 Å². The number of hydrogen-bond donors (Lipinski definition) is 1. The lowest BCUT2D eigenvalue weighted by molar-refractivity contribution is 0.0453. The van der Waals surface area contributed by atoms with Crippen LogP contribution >= 0.6 is 11.8 Å². The second-order valence-corrected chi connectivity index (χ2v) is 5.44. The van der Waals surface area contributed by atoms with Crippen LogP contribution in [0.25, 0.3) is 0 Å². The Bertz CT molecular complexity index is 308. The summed E-state index contributed by atoms with van der Waals surface area (Å²) in [7, 11) is 0. The van der Waals surface area contributed by atoms with E-state index in [1.54, 1.807) is 0 Å². The molecule has 2 N–H and O–H groups in total. The highest BCUT2D eigenvalue weighted by Crippen LogP contribution is 2.34. The van der Waals surface area contributed by atoms with E-state index < -0.39 is 0 Å². The fourth-order valence-electron chi connectivity index (χ4n) is 1.58. The molecule has 1 aromatic carbocycles. The molecule has 0 amide bonds. The Balaban J connectivity index is 2.01. The largest absolute Gasteiger partial charge is 0.379 e. The molecule has 2 nitrogen and oxygen atoms in total. The third kappa shape index (κ3) is 2.74. The van der Waals surface area contributed by atoms with Gasteiger partial charge in [-0.15, -0.1) is 11.8 Å². The maximum atomic E-state index is 5.81. The summed E-state index contributed by atoms with van der Waals surface area (Å²) >= 11 is 1.94. The monoisotopic (exact) mass is 223 g/mol. The minimum Gasteiger partial charge on any atom is -0.379 e. The van der Waals surface area contributed by atoms with Crippen molar-refractivity contribution in [2.45, 2.75) is 17.4 Å². The smallest absolute Gasteiger partial charge is 0.0608 e. The van der Waals surface area contributed by atoms with E-state index in [1.165, 1.54) is 11.1 Å². The summed E-state index contributed by atoms with van der Waals surface area (Å²) in [6, 6.07) is 8.66. The van der Waals surface area contributed by atoms with Crippen LogP contribution in [0, 0.1) is 6.92 Å². The molecule has 1 aliphatic heterocycles. The van der Waals surface area contributed by atoms with Crippen molar-refractivity contribution in [1.82, 2.24) is 0 Å². The molecule has 1 atom stereocenters. The van der Waals surface area contributed by atoms with Gasteiger partial charge in [-0.1, -0.05) is 29.8 Å². The molecule has 0 radical (unpaired) electrons. The van der Waals surface area contributed by atoms with Crippen LogP contribution in [0.2, 0.25) is 0 Å². The molecule has 15 heavy (non-hydrogen) atoms. The van der Waals surface area contributed by atoms with Gasteiger partial charge in [-0.3, -0.25) is 0 Å². The van der Waals surface area contributed by atoms with E-state index in [1.807, 2.05) is 11.8 Å². The molecule has 1 aliphatic rings. The summed E-state index contributed by atoms with van der Waals surface area (Å²) in [4.78, 5) is 0. The molecule has 0 aliphatic carbocycles. The third-order valence-electron chi connectivity index (χ3n) is 2.63. The van der Waals surface area contributed by atoms with Crippen molar-refractivity contribution in [3.8, 4) is 0 Å². The number of benzene rings is 1. The molecule has 1 saturated heterocycles. The summed E-state index contributed by atoms with van der Waals surface area (Å²) in [5.74, 6) is 0. The van der Waals surface area contributed by atoms with Gasteiger partial charge in [0.05, 0.1) is 18.5 Å². The van der Waals surface area contributed by atoms with Crippen LogP contribution in [-0.2, 0) is 4.74 Å². The van der Waals surface area contributed by atoms with Crippen LogP contribution in [0.15, 0.2) is 24.3 Å². The number of hydrogen-bond acceptors (Lipinski definition) is 3. The van der Waals surface area contributed by atoms with Crippen molar-refractivity contribution in [3.63, 3.8) is 0 Å². The number of ether oxygens (including phenoxy) is 1. The Labute approximate surface area is 95.2 Å². The highest BCUT2D eigenvalue weighted by Gasteiger charge is 2.23. The number of rotatable bonds is 4. The van der Waals surface area contributed by atoms with E-state index >= 15 is 0 Å². The lowest BCUT2D eigenvalue weighted by Crippen LogP contribution is -2.32. The standard InChI is InChI=1S/C12H17NOS/c1-9-2-4-10(5-3-9)12(6-13)15-11-7-14-8-11/h2-5,11-12H,6-8,13H2,1H3. The molecular formula is C12H17NOS. The quantitative estimate of drug-likeness (QED) is 0.849. The van der Waals surface area contributed by atoms with E-state index in [9.17, 15) is 0 Å². The van der Waals surface area contributed by atoms with E-state index in [2.05, 4.69) is 31.2 Å². The maximum absolute atomic E-state index is 5.81. The first-order valence-corrected chi connectivity index (χ1v) is 6.23. The predicted octanol–water partition coefficient (Wildman–Crippen LogP) is 2.13. The van der Waals surface area contributed by atoms with Gasteiger partial charge in [-0.25, -0.2) is 0 Å². The molecule has 0 bridgehead atoms. The highest BCUT2D eigenvalue weighted by molar-refractivity contribution is 8.00. The Morgan fingerprint density at radius 2 is 2.07 bits per heavy atom. The van der Waals surface area contributed by atoms with Gasteiger partial charge >= 0.3 is 0 Å². The average Bonchev–Trinajstić information content (AvgIpc) is 2.19. The number of nitrogens with two attached hydrogens (primary N) is 1. The van der Waals surface area contributed by atoms with Crippen LogP contribution in [0.1, 0.15) is 16.4 Å². The lowest BCUT2D eigenvalue weighted by Gasteiger charge is -2.29. The Kier molecular flexibility index (Phi) is 3.67. The van der Waals surface area contributed by atoms with Crippen LogP contribution in [0.4, 0.5) is 0 Å². The zero-order valence-corrected chi connectivity index (χ0v) is 9.80. The van der Waals surface area contributed by atoms with Crippen molar-refractivity contribution < 1.29 is 4.74 Å². The Morgan fingerprint density at radius 3 is 2.53 bits per heavy atom. The van der Waals surface area contributed by atoms with Gasteiger partial charge in [-0.2, -0.15) is 0 Å².